The second-order valence-electron chi connectivity index (χ2n) is 4.14. The average molecular weight is 241 g/mol. The van der Waals surface area contributed by atoms with Crippen LogP contribution in [0.5, 0.6) is 0 Å². The van der Waals surface area contributed by atoms with Crippen LogP contribution in [0.3, 0.4) is 0 Å². The minimum atomic E-state index is -1.40. The third-order valence-electron chi connectivity index (χ3n) is 2.42. The summed E-state index contributed by atoms with van der Waals surface area (Å²) in [6, 6.07) is 3.64. The minimum absolute atomic E-state index is 0.161. The van der Waals surface area contributed by atoms with Gasteiger partial charge in [-0.25, -0.2) is 0 Å². The first-order valence-electron chi connectivity index (χ1n) is 4.93. The Hall–Kier alpha value is -1.36. The summed E-state index contributed by atoms with van der Waals surface area (Å²) < 4.78 is 0. The molecule has 16 heavy (non-hydrogen) atoms. The molecule has 0 aliphatic heterocycles. The number of carboxylic acid groups (broad SMARTS) is 1. The molecule has 1 atom stereocenters. The largest absolute Gasteiger partial charge is 0.480 e. The van der Waals surface area contributed by atoms with Crippen molar-refractivity contribution in [3.05, 3.63) is 22.4 Å². The smallest absolute Gasteiger partial charge is 0.318 e. The minimum Gasteiger partial charge on any atom is -0.480 e. The van der Waals surface area contributed by atoms with E-state index in [1.165, 1.54) is 25.2 Å². The van der Waals surface area contributed by atoms with E-state index >= 15 is 0 Å². The monoisotopic (exact) mass is 241 g/mol. The topological polar surface area (TPSA) is 66.4 Å². The van der Waals surface area contributed by atoms with Gasteiger partial charge >= 0.3 is 5.97 Å². The van der Waals surface area contributed by atoms with Crippen LogP contribution in [0.1, 0.15) is 31.7 Å². The van der Waals surface area contributed by atoms with Crippen LogP contribution in [-0.2, 0) is 9.59 Å². The highest BCUT2D eigenvalue weighted by atomic mass is 32.1. The summed E-state index contributed by atoms with van der Waals surface area (Å²) in [5, 5.41) is 13.5. The standard InChI is InChI=1S/C11H15NO3S/c1-7(8-5-4-6-16-8)12-9(13)11(2,3)10(14)15/h4-7H,1-3H3,(H,12,13)(H,14,15). The number of thiophene rings is 1. The highest BCUT2D eigenvalue weighted by molar-refractivity contribution is 7.10. The molecule has 0 spiro atoms. The SMILES string of the molecule is CC(NC(=O)C(C)(C)C(=O)O)c1cccs1. The van der Waals surface area contributed by atoms with Crippen molar-refractivity contribution >= 4 is 23.2 Å². The zero-order valence-corrected chi connectivity index (χ0v) is 10.3. The molecule has 4 nitrogen and oxygen atoms in total. The van der Waals surface area contributed by atoms with Gasteiger partial charge in [-0.1, -0.05) is 6.07 Å². The molecule has 1 aromatic rings. The Morgan fingerprint density at radius 1 is 1.50 bits per heavy atom. The third-order valence-corrected chi connectivity index (χ3v) is 3.47. The summed E-state index contributed by atoms with van der Waals surface area (Å²) in [5.74, 6) is -1.59. The lowest BCUT2D eigenvalue weighted by molar-refractivity contribution is -0.153. The molecule has 0 radical (unpaired) electrons. The van der Waals surface area contributed by atoms with Crippen LogP contribution in [0.4, 0.5) is 0 Å². The van der Waals surface area contributed by atoms with E-state index in [0.717, 1.165) is 4.88 Å². The van der Waals surface area contributed by atoms with Gasteiger partial charge in [0, 0.05) is 4.88 Å². The Balaban J connectivity index is 2.69. The van der Waals surface area contributed by atoms with E-state index in [4.69, 9.17) is 5.11 Å². The Morgan fingerprint density at radius 3 is 2.56 bits per heavy atom. The van der Waals surface area contributed by atoms with Crippen molar-refractivity contribution in [2.45, 2.75) is 26.8 Å². The normalized spacial score (nSPS) is 13.2. The van der Waals surface area contributed by atoms with Gasteiger partial charge in [0.1, 0.15) is 5.41 Å². The number of rotatable bonds is 4. The molecular formula is C11H15NO3S. The van der Waals surface area contributed by atoms with Gasteiger partial charge in [0.05, 0.1) is 6.04 Å². The molecule has 88 valence electrons. The lowest BCUT2D eigenvalue weighted by atomic mass is 9.92. The maximum atomic E-state index is 11.7. The van der Waals surface area contributed by atoms with Gasteiger partial charge in [0.15, 0.2) is 0 Å². The molecule has 0 aromatic carbocycles. The highest BCUT2D eigenvalue weighted by Gasteiger charge is 2.36. The fourth-order valence-corrected chi connectivity index (χ4v) is 1.82. The Bertz CT molecular complexity index is 384. The predicted octanol–water partition coefficient (Wildman–Crippen LogP) is 2.04. The van der Waals surface area contributed by atoms with Crippen molar-refractivity contribution in [2.75, 3.05) is 0 Å². The van der Waals surface area contributed by atoms with Crippen molar-refractivity contribution < 1.29 is 14.7 Å². The number of hydrogen-bond acceptors (Lipinski definition) is 3. The van der Waals surface area contributed by atoms with Crippen molar-refractivity contribution in [1.29, 1.82) is 0 Å². The van der Waals surface area contributed by atoms with Crippen LogP contribution in [0.15, 0.2) is 17.5 Å². The van der Waals surface area contributed by atoms with E-state index in [2.05, 4.69) is 5.32 Å². The van der Waals surface area contributed by atoms with Gasteiger partial charge in [0.2, 0.25) is 5.91 Å². The van der Waals surface area contributed by atoms with E-state index in [-0.39, 0.29) is 6.04 Å². The first-order valence-corrected chi connectivity index (χ1v) is 5.81. The van der Waals surface area contributed by atoms with Crippen LogP contribution in [0, 0.1) is 5.41 Å². The lowest BCUT2D eigenvalue weighted by Crippen LogP contribution is -2.43. The fourth-order valence-electron chi connectivity index (χ4n) is 1.08. The van der Waals surface area contributed by atoms with Gasteiger partial charge in [0.25, 0.3) is 0 Å². The number of carboxylic acids is 1. The molecule has 0 aliphatic carbocycles. The van der Waals surface area contributed by atoms with Gasteiger partial charge in [-0.3, -0.25) is 9.59 Å². The number of carbonyl (C=O) groups excluding carboxylic acids is 1. The highest BCUT2D eigenvalue weighted by Crippen LogP contribution is 2.21. The quantitative estimate of drug-likeness (QED) is 0.793. The molecule has 1 aromatic heterocycles. The number of aliphatic carboxylic acids is 1. The van der Waals surface area contributed by atoms with Crippen molar-refractivity contribution in [3.63, 3.8) is 0 Å². The van der Waals surface area contributed by atoms with E-state index in [1.807, 2.05) is 24.4 Å². The molecule has 0 bridgehead atoms. The van der Waals surface area contributed by atoms with Gasteiger partial charge in [-0.2, -0.15) is 0 Å². The molecule has 1 amide bonds. The zero-order chi connectivity index (χ0) is 12.3. The van der Waals surface area contributed by atoms with Crippen LogP contribution in [-0.4, -0.2) is 17.0 Å². The molecule has 5 heteroatoms. The lowest BCUT2D eigenvalue weighted by Gasteiger charge is -2.21. The van der Waals surface area contributed by atoms with Gasteiger partial charge < -0.3 is 10.4 Å². The third kappa shape index (κ3) is 2.61. The molecule has 1 unspecified atom stereocenters. The summed E-state index contributed by atoms with van der Waals surface area (Å²) in [4.78, 5) is 23.6. The zero-order valence-electron chi connectivity index (χ0n) is 9.48. The molecule has 2 N–H and O–H groups in total. The van der Waals surface area contributed by atoms with E-state index in [1.54, 1.807) is 0 Å². The molecular weight excluding hydrogens is 226 g/mol. The second-order valence-corrected chi connectivity index (χ2v) is 5.12. The Morgan fingerprint density at radius 2 is 2.12 bits per heavy atom. The van der Waals surface area contributed by atoms with Crippen LogP contribution in [0.2, 0.25) is 0 Å². The van der Waals surface area contributed by atoms with Crippen molar-refractivity contribution in [1.82, 2.24) is 5.32 Å². The molecule has 0 aliphatic rings. The first kappa shape index (κ1) is 12.7. The summed E-state index contributed by atoms with van der Waals surface area (Å²) in [6.45, 7) is 4.62. The second kappa shape index (κ2) is 4.65. The number of hydrogen-bond donors (Lipinski definition) is 2. The Labute approximate surface area is 98.3 Å². The van der Waals surface area contributed by atoms with Crippen LogP contribution < -0.4 is 5.32 Å². The summed E-state index contributed by atoms with van der Waals surface area (Å²) in [6.07, 6.45) is 0. The molecule has 1 heterocycles. The predicted molar refractivity (Wildman–Crippen MR) is 62.3 cm³/mol. The van der Waals surface area contributed by atoms with Gasteiger partial charge in [-0.05, 0) is 32.2 Å². The number of carbonyl (C=O) groups is 2. The molecule has 1 rings (SSSR count). The summed E-state index contributed by atoms with van der Waals surface area (Å²) >= 11 is 1.53. The summed E-state index contributed by atoms with van der Waals surface area (Å²) in [5.41, 5.74) is -1.40. The Kier molecular flexibility index (Phi) is 3.70. The van der Waals surface area contributed by atoms with Crippen LogP contribution >= 0.6 is 11.3 Å². The van der Waals surface area contributed by atoms with Crippen molar-refractivity contribution in [3.8, 4) is 0 Å². The summed E-state index contributed by atoms with van der Waals surface area (Å²) in [7, 11) is 0. The van der Waals surface area contributed by atoms with Crippen LogP contribution in [0.25, 0.3) is 0 Å². The van der Waals surface area contributed by atoms with E-state index < -0.39 is 17.3 Å². The van der Waals surface area contributed by atoms with E-state index in [9.17, 15) is 9.59 Å². The molecule has 0 saturated heterocycles. The van der Waals surface area contributed by atoms with Gasteiger partial charge in [-0.15, -0.1) is 11.3 Å². The average Bonchev–Trinajstić information content (AvgIpc) is 2.69. The number of nitrogens with one attached hydrogen (secondary N) is 1. The molecule has 0 saturated carbocycles. The maximum absolute atomic E-state index is 11.7. The van der Waals surface area contributed by atoms with Crippen molar-refractivity contribution in [2.24, 2.45) is 5.41 Å². The molecule has 0 fully saturated rings. The number of amides is 1. The maximum Gasteiger partial charge on any atom is 0.318 e. The fraction of sp³-hybridized carbons (Fsp3) is 0.455. The first-order chi connectivity index (χ1) is 7.35. The van der Waals surface area contributed by atoms with E-state index in [0.29, 0.717) is 0 Å².